The van der Waals surface area contributed by atoms with E-state index in [2.05, 4.69) is 29.4 Å². The molecule has 4 heteroatoms. The minimum atomic E-state index is -0.0479. The predicted octanol–water partition coefficient (Wildman–Crippen LogP) is 1.97. The van der Waals surface area contributed by atoms with Crippen LogP contribution < -0.4 is 5.32 Å². The summed E-state index contributed by atoms with van der Waals surface area (Å²) in [6.45, 7) is 5.17. The van der Waals surface area contributed by atoms with Crippen molar-refractivity contribution in [2.45, 2.75) is 33.1 Å². The van der Waals surface area contributed by atoms with Gasteiger partial charge < -0.3 is 5.32 Å². The lowest BCUT2D eigenvalue weighted by atomic mass is 10.1. The van der Waals surface area contributed by atoms with Gasteiger partial charge in [0.15, 0.2) is 0 Å². The molecular formula is C11H19N3O. The van der Waals surface area contributed by atoms with E-state index in [1.165, 1.54) is 19.0 Å². The maximum atomic E-state index is 11.4. The van der Waals surface area contributed by atoms with Gasteiger partial charge in [-0.25, -0.2) is 0 Å². The predicted molar refractivity (Wildman–Crippen MR) is 59.6 cm³/mol. The molecule has 0 unspecified atom stereocenters. The molecule has 0 saturated heterocycles. The van der Waals surface area contributed by atoms with Gasteiger partial charge in [0.2, 0.25) is 0 Å². The molecule has 1 amide bonds. The van der Waals surface area contributed by atoms with Crippen LogP contribution in [0.1, 0.15) is 43.5 Å². The van der Waals surface area contributed by atoms with Crippen LogP contribution in [0.3, 0.4) is 0 Å². The number of carbonyl (C=O) groups excluding carboxylic acids is 1. The number of nitrogens with one attached hydrogen (secondary N) is 2. The zero-order chi connectivity index (χ0) is 11.1. The normalized spacial score (nSPS) is 10.6. The molecule has 0 radical (unpaired) electrons. The summed E-state index contributed by atoms with van der Waals surface area (Å²) in [4.78, 5) is 11.4. The fourth-order valence-electron chi connectivity index (χ4n) is 1.36. The van der Waals surface area contributed by atoms with Crippen molar-refractivity contribution in [3.05, 3.63) is 18.0 Å². The first-order chi connectivity index (χ1) is 7.20. The molecule has 0 aromatic carbocycles. The van der Waals surface area contributed by atoms with Crippen LogP contribution in [-0.2, 0) is 0 Å². The molecule has 0 aliphatic heterocycles. The highest BCUT2D eigenvalue weighted by Crippen LogP contribution is 2.05. The van der Waals surface area contributed by atoms with Gasteiger partial charge in [-0.15, -0.1) is 0 Å². The Bertz CT molecular complexity index is 280. The number of rotatable bonds is 6. The summed E-state index contributed by atoms with van der Waals surface area (Å²) in [5, 5.41) is 9.20. The third-order valence-electron chi connectivity index (χ3n) is 2.25. The molecule has 4 nitrogen and oxygen atoms in total. The highest BCUT2D eigenvalue weighted by molar-refractivity contribution is 5.93. The van der Waals surface area contributed by atoms with Crippen molar-refractivity contribution in [1.82, 2.24) is 15.5 Å². The Hall–Kier alpha value is -1.32. The van der Waals surface area contributed by atoms with E-state index in [4.69, 9.17) is 0 Å². The van der Waals surface area contributed by atoms with Crippen molar-refractivity contribution in [2.24, 2.45) is 5.92 Å². The van der Waals surface area contributed by atoms with Gasteiger partial charge in [-0.3, -0.25) is 9.89 Å². The van der Waals surface area contributed by atoms with Crippen molar-refractivity contribution in [3.63, 3.8) is 0 Å². The van der Waals surface area contributed by atoms with Crippen LogP contribution >= 0.6 is 0 Å². The molecule has 0 bridgehead atoms. The number of unbranched alkanes of at least 4 members (excludes halogenated alkanes) is 1. The summed E-state index contributed by atoms with van der Waals surface area (Å²) in [5.74, 6) is 0.697. The number of nitrogens with zero attached hydrogens (tertiary/aromatic N) is 1. The third-order valence-corrected chi connectivity index (χ3v) is 2.25. The Balaban J connectivity index is 2.08. The molecule has 0 atom stereocenters. The van der Waals surface area contributed by atoms with Crippen LogP contribution in [0.2, 0.25) is 0 Å². The maximum absolute atomic E-state index is 11.4. The number of amides is 1. The van der Waals surface area contributed by atoms with E-state index in [0.717, 1.165) is 18.9 Å². The van der Waals surface area contributed by atoms with E-state index in [1.807, 2.05) is 0 Å². The summed E-state index contributed by atoms with van der Waals surface area (Å²) < 4.78 is 0. The Morgan fingerprint density at radius 3 is 2.93 bits per heavy atom. The van der Waals surface area contributed by atoms with Gasteiger partial charge in [-0.2, -0.15) is 5.10 Å². The fourth-order valence-corrected chi connectivity index (χ4v) is 1.36. The van der Waals surface area contributed by atoms with Gasteiger partial charge in [0.25, 0.3) is 5.91 Å². The molecular weight excluding hydrogens is 190 g/mol. The highest BCUT2D eigenvalue weighted by Gasteiger charge is 2.04. The summed E-state index contributed by atoms with van der Waals surface area (Å²) in [6.07, 6.45) is 6.57. The first kappa shape index (κ1) is 11.8. The zero-order valence-electron chi connectivity index (χ0n) is 9.42. The standard InChI is InChI=1S/C11H19N3O/c1-9(2)5-3-4-6-12-11(15)10-7-13-14-8-10/h7-9H,3-6H2,1-2H3,(H,12,15)(H,13,14). The zero-order valence-corrected chi connectivity index (χ0v) is 9.42. The van der Waals surface area contributed by atoms with Crippen molar-refractivity contribution in [3.8, 4) is 0 Å². The van der Waals surface area contributed by atoms with Gasteiger partial charge in [-0.1, -0.05) is 26.7 Å². The lowest BCUT2D eigenvalue weighted by molar-refractivity contribution is 0.0953. The molecule has 1 aromatic rings. The number of H-pyrrole nitrogens is 1. The summed E-state index contributed by atoms with van der Waals surface area (Å²) in [7, 11) is 0. The minimum Gasteiger partial charge on any atom is -0.352 e. The van der Waals surface area contributed by atoms with Gasteiger partial charge in [0.05, 0.1) is 11.8 Å². The van der Waals surface area contributed by atoms with Crippen LogP contribution in [0.15, 0.2) is 12.4 Å². The average molecular weight is 209 g/mol. The Labute approximate surface area is 90.5 Å². The molecule has 1 heterocycles. The van der Waals surface area contributed by atoms with E-state index >= 15 is 0 Å². The van der Waals surface area contributed by atoms with Crippen LogP contribution in [0, 0.1) is 5.92 Å². The molecule has 0 aliphatic rings. The molecule has 1 aromatic heterocycles. The Morgan fingerprint density at radius 1 is 1.53 bits per heavy atom. The second-order valence-corrected chi connectivity index (χ2v) is 4.13. The first-order valence-corrected chi connectivity index (χ1v) is 5.47. The Morgan fingerprint density at radius 2 is 2.33 bits per heavy atom. The molecule has 1 rings (SSSR count). The van der Waals surface area contributed by atoms with Gasteiger partial charge >= 0.3 is 0 Å². The van der Waals surface area contributed by atoms with Crippen LogP contribution in [0.25, 0.3) is 0 Å². The van der Waals surface area contributed by atoms with Crippen LogP contribution in [0.4, 0.5) is 0 Å². The molecule has 0 spiro atoms. The van der Waals surface area contributed by atoms with Gasteiger partial charge in [0, 0.05) is 12.7 Å². The van der Waals surface area contributed by atoms with E-state index < -0.39 is 0 Å². The van der Waals surface area contributed by atoms with Gasteiger partial charge in [0.1, 0.15) is 0 Å². The smallest absolute Gasteiger partial charge is 0.254 e. The summed E-state index contributed by atoms with van der Waals surface area (Å²) in [6, 6.07) is 0. The lowest BCUT2D eigenvalue weighted by Crippen LogP contribution is -2.23. The van der Waals surface area contributed by atoms with Crippen molar-refractivity contribution >= 4 is 5.91 Å². The van der Waals surface area contributed by atoms with Crippen molar-refractivity contribution in [1.29, 1.82) is 0 Å². The number of aromatic nitrogens is 2. The minimum absolute atomic E-state index is 0.0479. The third kappa shape index (κ3) is 4.63. The highest BCUT2D eigenvalue weighted by atomic mass is 16.1. The number of carbonyl (C=O) groups is 1. The second kappa shape index (κ2) is 6.22. The Kier molecular flexibility index (Phi) is 4.87. The van der Waals surface area contributed by atoms with E-state index in [0.29, 0.717) is 5.56 Å². The van der Waals surface area contributed by atoms with E-state index in [9.17, 15) is 4.79 Å². The van der Waals surface area contributed by atoms with Crippen LogP contribution in [0.5, 0.6) is 0 Å². The van der Waals surface area contributed by atoms with E-state index in [1.54, 1.807) is 6.20 Å². The second-order valence-electron chi connectivity index (χ2n) is 4.13. The molecule has 2 N–H and O–H groups in total. The SMILES string of the molecule is CC(C)CCCCNC(=O)c1cn[nH]c1. The molecule has 0 aliphatic carbocycles. The molecule has 0 saturated carbocycles. The van der Waals surface area contributed by atoms with Crippen molar-refractivity contribution < 1.29 is 4.79 Å². The summed E-state index contributed by atoms with van der Waals surface area (Å²) in [5.41, 5.74) is 0.596. The monoisotopic (exact) mass is 209 g/mol. The summed E-state index contributed by atoms with van der Waals surface area (Å²) >= 11 is 0. The largest absolute Gasteiger partial charge is 0.352 e. The van der Waals surface area contributed by atoms with Gasteiger partial charge in [-0.05, 0) is 12.3 Å². The molecule has 15 heavy (non-hydrogen) atoms. The maximum Gasteiger partial charge on any atom is 0.254 e. The van der Waals surface area contributed by atoms with E-state index in [-0.39, 0.29) is 5.91 Å². The molecule has 0 fully saturated rings. The molecule has 84 valence electrons. The topological polar surface area (TPSA) is 57.8 Å². The quantitative estimate of drug-likeness (QED) is 0.704. The number of aromatic amines is 1. The fraction of sp³-hybridized carbons (Fsp3) is 0.636. The number of hydrogen-bond acceptors (Lipinski definition) is 2. The number of hydrogen-bond donors (Lipinski definition) is 2. The average Bonchev–Trinajstić information content (AvgIpc) is 2.69. The lowest BCUT2D eigenvalue weighted by Gasteiger charge is -2.05. The van der Waals surface area contributed by atoms with Crippen LogP contribution in [-0.4, -0.2) is 22.6 Å². The van der Waals surface area contributed by atoms with Crippen molar-refractivity contribution in [2.75, 3.05) is 6.54 Å². The first-order valence-electron chi connectivity index (χ1n) is 5.47.